The Morgan fingerprint density at radius 2 is 2.00 bits per heavy atom. The van der Waals surface area contributed by atoms with Crippen LogP contribution in [0.1, 0.15) is 19.3 Å². The molecule has 0 spiro atoms. The van der Waals surface area contributed by atoms with Crippen LogP contribution in [-0.4, -0.2) is 9.33 Å². The molecule has 1 aliphatic rings. The van der Waals surface area contributed by atoms with Gasteiger partial charge in [-0.25, -0.2) is 0 Å². The zero-order chi connectivity index (χ0) is 6.20. The van der Waals surface area contributed by atoms with Gasteiger partial charge in [-0.1, -0.05) is 6.42 Å². The number of thiol groups is 3. The quantitative estimate of drug-likeness (QED) is 0.356. The van der Waals surface area contributed by atoms with Crippen LogP contribution < -0.4 is 0 Å². The first-order valence-electron chi connectivity index (χ1n) is 2.76. The third-order valence-corrected chi connectivity index (χ3v) is 3.73. The van der Waals surface area contributed by atoms with Gasteiger partial charge in [0.05, 0.1) is 4.08 Å². The molecule has 0 radical (unpaired) electrons. The Kier molecular flexibility index (Phi) is 2.10. The molecule has 1 aliphatic carbocycles. The van der Waals surface area contributed by atoms with Gasteiger partial charge in [0.15, 0.2) is 0 Å². The Balaban J connectivity index is 2.54. The van der Waals surface area contributed by atoms with Crippen molar-refractivity contribution in [3.63, 3.8) is 0 Å². The summed E-state index contributed by atoms with van der Waals surface area (Å²) in [6.07, 6.45) is 3.48. The van der Waals surface area contributed by atoms with Crippen LogP contribution in [0, 0.1) is 0 Å². The van der Waals surface area contributed by atoms with Crippen LogP contribution in [0.25, 0.3) is 0 Å². The summed E-state index contributed by atoms with van der Waals surface area (Å²) in [5, 5.41) is 0.383. The SMILES string of the molecule is SC1CCCC1(S)S. The molecule has 0 aromatic rings. The molecule has 1 rings (SSSR count). The maximum Gasteiger partial charge on any atom is 0.0667 e. The molecule has 0 nitrogen and oxygen atoms in total. The molecule has 0 saturated heterocycles. The Bertz CT molecular complexity index is 89.7. The van der Waals surface area contributed by atoms with Gasteiger partial charge >= 0.3 is 0 Å². The second-order valence-electron chi connectivity index (χ2n) is 2.29. The van der Waals surface area contributed by atoms with Crippen molar-refractivity contribution < 1.29 is 0 Å². The zero-order valence-electron chi connectivity index (χ0n) is 4.54. The molecule has 0 aromatic heterocycles. The molecule has 1 fully saturated rings. The second-order valence-corrected chi connectivity index (χ2v) is 4.86. The monoisotopic (exact) mass is 166 g/mol. The molecule has 0 N–H and O–H groups in total. The summed E-state index contributed by atoms with van der Waals surface area (Å²) in [7, 11) is 0. The van der Waals surface area contributed by atoms with E-state index in [-0.39, 0.29) is 4.08 Å². The molecule has 0 aromatic carbocycles. The number of rotatable bonds is 0. The molecule has 1 unspecified atom stereocenters. The topological polar surface area (TPSA) is 0 Å². The Hall–Kier alpha value is 1.05. The van der Waals surface area contributed by atoms with Gasteiger partial charge in [-0.3, -0.25) is 0 Å². The van der Waals surface area contributed by atoms with Crippen molar-refractivity contribution >= 4 is 37.9 Å². The lowest BCUT2D eigenvalue weighted by atomic mass is 10.3. The van der Waals surface area contributed by atoms with E-state index in [1.54, 1.807) is 0 Å². The van der Waals surface area contributed by atoms with Crippen molar-refractivity contribution in [2.75, 3.05) is 0 Å². The van der Waals surface area contributed by atoms with E-state index in [2.05, 4.69) is 37.9 Å². The van der Waals surface area contributed by atoms with E-state index in [0.29, 0.717) is 5.25 Å². The minimum absolute atomic E-state index is 0.0941. The van der Waals surface area contributed by atoms with Gasteiger partial charge < -0.3 is 0 Å². The highest BCUT2D eigenvalue weighted by Crippen LogP contribution is 2.41. The van der Waals surface area contributed by atoms with Crippen LogP contribution >= 0.6 is 37.9 Å². The van der Waals surface area contributed by atoms with Crippen molar-refractivity contribution in [3.05, 3.63) is 0 Å². The lowest BCUT2D eigenvalue weighted by Crippen LogP contribution is -2.18. The summed E-state index contributed by atoms with van der Waals surface area (Å²) in [4.78, 5) is 0. The second kappa shape index (κ2) is 2.35. The molecule has 48 valence electrons. The predicted molar refractivity (Wildman–Crippen MR) is 47.3 cm³/mol. The molecule has 0 aliphatic heterocycles. The van der Waals surface area contributed by atoms with Crippen LogP contribution in [0.4, 0.5) is 0 Å². The summed E-state index contributed by atoms with van der Waals surface area (Å²) >= 11 is 13.0. The Morgan fingerprint density at radius 3 is 2.12 bits per heavy atom. The van der Waals surface area contributed by atoms with Crippen molar-refractivity contribution in [3.8, 4) is 0 Å². The predicted octanol–water partition coefficient (Wildman–Crippen LogP) is 2.02. The largest absolute Gasteiger partial charge is 0.174 e. The highest BCUT2D eigenvalue weighted by Gasteiger charge is 2.33. The first kappa shape index (κ1) is 7.16. The third-order valence-electron chi connectivity index (χ3n) is 1.56. The average molecular weight is 166 g/mol. The van der Waals surface area contributed by atoms with Crippen molar-refractivity contribution in [1.29, 1.82) is 0 Å². The van der Waals surface area contributed by atoms with Crippen molar-refractivity contribution in [2.24, 2.45) is 0 Å². The molecule has 0 amide bonds. The highest BCUT2D eigenvalue weighted by atomic mass is 32.2. The van der Waals surface area contributed by atoms with E-state index in [1.807, 2.05) is 0 Å². The van der Waals surface area contributed by atoms with Gasteiger partial charge in [0.1, 0.15) is 0 Å². The Labute approximate surface area is 66.7 Å². The summed E-state index contributed by atoms with van der Waals surface area (Å²) in [6, 6.07) is 0. The van der Waals surface area contributed by atoms with E-state index in [1.165, 1.54) is 6.42 Å². The van der Waals surface area contributed by atoms with Gasteiger partial charge in [-0.2, -0.15) is 37.9 Å². The first-order chi connectivity index (χ1) is 3.63. The fourth-order valence-corrected chi connectivity index (χ4v) is 1.84. The molecule has 0 bridgehead atoms. The van der Waals surface area contributed by atoms with Crippen LogP contribution in [0.3, 0.4) is 0 Å². The summed E-state index contributed by atoms with van der Waals surface area (Å²) in [5.41, 5.74) is 0. The smallest absolute Gasteiger partial charge is 0.0667 e. The first-order valence-corrected chi connectivity index (χ1v) is 4.17. The van der Waals surface area contributed by atoms with Crippen LogP contribution in [0.5, 0.6) is 0 Å². The summed E-state index contributed by atoms with van der Waals surface area (Å²) < 4.78 is -0.0941. The number of hydrogen-bond acceptors (Lipinski definition) is 3. The molecule has 0 heterocycles. The van der Waals surface area contributed by atoms with E-state index in [4.69, 9.17) is 0 Å². The molecular formula is C5H10S3. The van der Waals surface area contributed by atoms with Gasteiger partial charge in [0.2, 0.25) is 0 Å². The van der Waals surface area contributed by atoms with Gasteiger partial charge in [-0.05, 0) is 12.8 Å². The van der Waals surface area contributed by atoms with E-state index in [0.717, 1.165) is 12.8 Å². The van der Waals surface area contributed by atoms with E-state index in [9.17, 15) is 0 Å². The van der Waals surface area contributed by atoms with Crippen LogP contribution in [0.15, 0.2) is 0 Å². The molecule has 8 heavy (non-hydrogen) atoms. The molecule has 3 heteroatoms. The van der Waals surface area contributed by atoms with Crippen LogP contribution in [-0.2, 0) is 0 Å². The standard InChI is InChI=1S/C5H10S3/c6-4-2-1-3-5(4,7)8/h4,6-8H,1-3H2. The molecular weight excluding hydrogens is 156 g/mol. The molecule has 1 saturated carbocycles. The zero-order valence-corrected chi connectivity index (χ0v) is 7.22. The summed E-state index contributed by atoms with van der Waals surface area (Å²) in [5.74, 6) is 0. The normalized spacial score (nSPS) is 35.6. The van der Waals surface area contributed by atoms with E-state index >= 15 is 0 Å². The van der Waals surface area contributed by atoms with Crippen molar-refractivity contribution in [1.82, 2.24) is 0 Å². The fourth-order valence-electron chi connectivity index (χ4n) is 0.953. The lowest BCUT2D eigenvalue weighted by molar-refractivity contribution is 0.870. The maximum absolute atomic E-state index is 4.33. The van der Waals surface area contributed by atoms with Gasteiger partial charge in [0, 0.05) is 5.25 Å². The van der Waals surface area contributed by atoms with Gasteiger partial charge in [0.25, 0.3) is 0 Å². The minimum Gasteiger partial charge on any atom is -0.174 e. The van der Waals surface area contributed by atoms with Crippen LogP contribution in [0.2, 0.25) is 0 Å². The van der Waals surface area contributed by atoms with Gasteiger partial charge in [-0.15, -0.1) is 0 Å². The number of hydrogen-bond donors (Lipinski definition) is 3. The molecule has 1 atom stereocenters. The summed E-state index contributed by atoms with van der Waals surface area (Å²) in [6.45, 7) is 0. The van der Waals surface area contributed by atoms with Crippen molar-refractivity contribution in [2.45, 2.75) is 28.6 Å². The third kappa shape index (κ3) is 1.31. The van der Waals surface area contributed by atoms with E-state index < -0.39 is 0 Å². The average Bonchev–Trinajstić information content (AvgIpc) is 1.86. The lowest BCUT2D eigenvalue weighted by Gasteiger charge is -2.19. The Morgan fingerprint density at radius 1 is 1.38 bits per heavy atom. The highest BCUT2D eigenvalue weighted by molar-refractivity contribution is 8.02. The minimum atomic E-state index is -0.0941. The maximum atomic E-state index is 4.33. The fraction of sp³-hybridized carbons (Fsp3) is 1.00.